The Kier molecular flexibility index (Phi) is 5.70. The van der Waals surface area contributed by atoms with Gasteiger partial charge in [0.15, 0.2) is 11.9 Å². The summed E-state index contributed by atoms with van der Waals surface area (Å²) in [4.78, 5) is 19.4. The third kappa shape index (κ3) is 4.79. The summed E-state index contributed by atoms with van der Waals surface area (Å²) in [5, 5.41) is 0.0519. The Morgan fingerprint density at radius 2 is 2.30 bits per heavy atom. The van der Waals surface area contributed by atoms with Crippen molar-refractivity contribution >= 4 is 17.6 Å². The molecule has 0 fully saturated rings. The van der Waals surface area contributed by atoms with Gasteiger partial charge in [-0.1, -0.05) is 11.6 Å². The highest BCUT2D eigenvalue weighted by molar-refractivity contribution is 6.32. The molecule has 0 bridgehead atoms. The third-order valence-electron chi connectivity index (χ3n) is 2.56. The van der Waals surface area contributed by atoms with Crippen molar-refractivity contribution in [2.45, 2.75) is 20.0 Å². The Bertz CT molecular complexity index is 699. The summed E-state index contributed by atoms with van der Waals surface area (Å²) in [5.74, 6) is -0.852. The van der Waals surface area contributed by atoms with Crippen LogP contribution in [-0.4, -0.2) is 28.6 Å². The van der Waals surface area contributed by atoms with Gasteiger partial charge in [0.05, 0.1) is 11.6 Å². The molecule has 8 heteroatoms. The molecule has 2 rings (SSSR count). The molecular weight excluding hydrogens is 327 g/mol. The van der Waals surface area contributed by atoms with Crippen LogP contribution in [0.3, 0.4) is 0 Å². The van der Waals surface area contributed by atoms with Crippen LogP contribution < -0.4 is 9.47 Å². The van der Waals surface area contributed by atoms with Gasteiger partial charge in [-0.2, -0.15) is 4.98 Å². The molecule has 1 aromatic heterocycles. The van der Waals surface area contributed by atoms with Crippen molar-refractivity contribution in [2.75, 3.05) is 6.61 Å². The normalized spacial score (nSPS) is 11.7. The number of rotatable bonds is 6. The molecule has 0 N–H and O–H groups in total. The standard InChI is InChI=1S/C15H13ClFN2O4/c1-3-21-14(20)9(2)22-13-6-7-18-15(19-13)23-12-5-4-10(17)8-11(12)16/h5-9H,3H2,1-2H3. The Labute approximate surface area is 137 Å². The molecule has 0 aliphatic rings. The molecule has 2 aromatic rings. The van der Waals surface area contributed by atoms with Gasteiger partial charge in [-0.05, 0) is 26.0 Å². The van der Waals surface area contributed by atoms with Crippen LogP contribution in [0.1, 0.15) is 13.8 Å². The Morgan fingerprint density at radius 1 is 1.52 bits per heavy atom. The second kappa shape index (κ2) is 7.73. The summed E-state index contributed by atoms with van der Waals surface area (Å²) < 4.78 is 28.5. The van der Waals surface area contributed by atoms with Crippen LogP contribution in [0, 0.1) is 11.9 Å². The third-order valence-corrected chi connectivity index (χ3v) is 2.85. The van der Waals surface area contributed by atoms with Gasteiger partial charge in [-0.25, -0.2) is 14.2 Å². The largest absolute Gasteiger partial charge is 0.463 e. The van der Waals surface area contributed by atoms with E-state index >= 15 is 0 Å². The fourth-order valence-electron chi connectivity index (χ4n) is 1.53. The second-order valence-corrected chi connectivity index (χ2v) is 4.69. The van der Waals surface area contributed by atoms with Gasteiger partial charge < -0.3 is 14.2 Å². The number of halogens is 2. The van der Waals surface area contributed by atoms with E-state index in [2.05, 4.69) is 16.0 Å². The van der Waals surface area contributed by atoms with Crippen molar-refractivity contribution in [2.24, 2.45) is 0 Å². The minimum atomic E-state index is -0.833. The summed E-state index contributed by atoms with van der Waals surface area (Å²) in [6, 6.07) is 5.99. The molecule has 0 amide bonds. The molecule has 0 aliphatic carbocycles. The highest BCUT2D eigenvalue weighted by Crippen LogP contribution is 2.28. The lowest BCUT2D eigenvalue weighted by Gasteiger charge is -2.13. The molecule has 1 atom stereocenters. The van der Waals surface area contributed by atoms with Crippen LogP contribution in [0.2, 0.25) is 5.02 Å². The molecule has 1 unspecified atom stereocenters. The monoisotopic (exact) mass is 339 g/mol. The Balaban J connectivity index is 2.09. The zero-order chi connectivity index (χ0) is 16.8. The number of ether oxygens (including phenoxy) is 3. The zero-order valence-electron chi connectivity index (χ0n) is 12.4. The van der Waals surface area contributed by atoms with Gasteiger partial charge in [0.2, 0.25) is 5.88 Å². The van der Waals surface area contributed by atoms with Crippen molar-refractivity contribution in [3.05, 3.63) is 41.3 Å². The Morgan fingerprint density at radius 3 is 3.00 bits per heavy atom. The highest BCUT2D eigenvalue weighted by atomic mass is 35.5. The lowest BCUT2D eigenvalue weighted by atomic mass is 10.3. The summed E-state index contributed by atoms with van der Waals surface area (Å²) in [6.45, 7) is 3.49. The van der Waals surface area contributed by atoms with Gasteiger partial charge in [0, 0.05) is 18.3 Å². The van der Waals surface area contributed by atoms with Crippen LogP contribution in [-0.2, 0) is 9.53 Å². The molecule has 0 saturated carbocycles. The van der Waals surface area contributed by atoms with Crippen molar-refractivity contribution in [1.29, 1.82) is 0 Å². The number of aromatic nitrogens is 2. The number of esters is 1. The SMILES string of the molecule is CCOC(=O)C(C)Oc1ccnc(Oc2c[c]c(F)cc2Cl)n1. The van der Waals surface area contributed by atoms with Gasteiger partial charge in [0.1, 0.15) is 5.82 Å². The number of hydrogen-bond donors (Lipinski definition) is 0. The molecule has 6 nitrogen and oxygen atoms in total. The van der Waals surface area contributed by atoms with E-state index in [0.717, 1.165) is 6.07 Å². The maximum Gasteiger partial charge on any atom is 0.347 e. The van der Waals surface area contributed by atoms with Crippen molar-refractivity contribution < 1.29 is 23.4 Å². The number of hydrogen-bond acceptors (Lipinski definition) is 6. The smallest absolute Gasteiger partial charge is 0.347 e. The fourth-order valence-corrected chi connectivity index (χ4v) is 1.72. The highest BCUT2D eigenvalue weighted by Gasteiger charge is 2.17. The van der Waals surface area contributed by atoms with E-state index in [1.54, 1.807) is 6.92 Å². The first kappa shape index (κ1) is 17.0. The Hall–Kier alpha value is -2.41. The molecule has 121 valence electrons. The molecule has 1 radical (unpaired) electrons. The van der Waals surface area contributed by atoms with Crippen LogP contribution in [0.4, 0.5) is 4.39 Å². The fraction of sp³-hybridized carbons (Fsp3) is 0.267. The number of nitrogens with zero attached hydrogens (tertiary/aromatic N) is 2. The molecule has 1 aromatic carbocycles. The quantitative estimate of drug-likeness (QED) is 0.753. The minimum Gasteiger partial charge on any atom is -0.463 e. The number of benzene rings is 1. The average molecular weight is 340 g/mol. The van der Waals surface area contributed by atoms with Crippen molar-refractivity contribution in [3.8, 4) is 17.6 Å². The molecular formula is C15H13ClFN2O4. The van der Waals surface area contributed by atoms with Crippen LogP contribution in [0.15, 0.2) is 24.4 Å². The predicted molar refractivity (Wildman–Crippen MR) is 79.1 cm³/mol. The van der Waals surface area contributed by atoms with Crippen LogP contribution >= 0.6 is 11.6 Å². The van der Waals surface area contributed by atoms with Crippen molar-refractivity contribution in [3.63, 3.8) is 0 Å². The maximum absolute atomic E-state index is 12.9. The van der Waals surface area contributed by atoms with Crippen molar-refractivity contribution in [1.82, 2.24) is 9.97 Å². The second-order valence-electron chi connectivity index (χ2n) is 4.28. The first-order valence-electron chi connectivity index (χ1n) is 6.70. The molecule has 0 spiro atoms. The molecule has 1 heterocycles. The topological polar surface area (TPSA) is 70.5 Å². The van der Waals surface area contributed by atoms with E-state index in [9.17, 15) is 9.18 Å². The van der Waals surface area contributed by atoms with Gasteiger partial charge in [0.25, 0.3) is 0 Å². The lowest BCUT2D eigenvalue weighted by Crippen LogP contribution is -2.26. The zero-order valence-corrected chi connectivity index (χ0v) is 13.1. The van der Waals surface area contributed by atoms with E-state index in [4.69, 9.17) is 25.8 Å². The number of carbonyl (C=O) groups is 1. The summed E-state index contributed by atoms with van der Waals surface area (Å²) in [7, 11) is 0. The first-order chi connectivity index (χ1) is 11.0. The van der Waals surface area contributed by atoms with E-state index in [0.29, 0.717) is 0 Å². The van der Waals surface area contributed by atoms with E-state index in [1.165, 1.54) is 25.3 Å². The molecule has 0 aliphatic heterocycles. The van der Waals surface area contributed by atoms with Gasteiger partial charge >= 0.3 is 12.0 Å². The predicted octanol–water partition coefficient (Wildman–Crippen LogP) is 3.19. The van der Waals surface area contributed by atoms with E-state index < -0.39 is 17.9 Å². The lowest BCUT2D eigenvalue weighted by molar-refractivity contribution is -0.150. The maximum atomic E-state index is 12.9. The summed E-state index contributed by atoms with van der Waals surface area (Å²) in [5.41, 5.74) is 0. The molecule has 0 saturated heterocycles. The summed E-state index contributed by atoms with van der Waals surface area (Å²) in [6.07, 6.45) is 0.553. The molecule has 23 heavy (non-hydrogen) atoms. The summed E-state index contributed by atoms with van der Waals surface area (Å²) >= 11 is 5.85. The average Bonchev–Trinajstić information content (AvgIpc) is 2.51. The van der Waals surface area contributed by atoms with Gasteiger partial charge in [-0.15, -0.1) is 0 Å². The van der Waals surface area contributed by atoms with E-state index in [1.807, 2.05) is 0 Å². The van der Waals surface area contributed by atoms with Gasteiger partial charge in [-0.3, -0.25) is 0 Å². The first-order valence-corrected chi connectivity index (χ1v) is 7.08. The minimum absolute atomic E-state index is 0.0519. The van der Waals surface area contributed by atoms with Crippen LogP contribution in [0.25, 0.3) is 0 Å². The van der Waals surface area contributed by atoms with E-state index in [-0.39, 0.29) is 29.3 Å². The van der Waals surface area contributed by atoms with Crippen LogP contribution in [0.5, 0.6) is 17.6 Å². The number of carbonyl (C=O) groups excluding carboxylic acids is 1.